The molecule has 0 aliphatic heterocycles. The average Bonchev–Trinajstić information content (AvgIpc) is 2.97. The van der Waals surface area contributed by atoms with Crippen LogP contribution in [0.4, 0.5) is 4.39 Å². The van der Waals surface area contributed by atoms with E-state index in [1.54, 1.807) is 23.9 Å². The Labute approximate surface area is 141 Å². The Morgan fingerprint density at radius 3 is 2.91 bits per heavy atom. The van der Waals surface area contributed by atoms with Crippen molar-refractivity contribution in [2.24, 2.45) is 0 Å². The van der Waals surface area contributed by atoms with E-state index in [2.05, 4.69) is 10.1 Å². The van der Waals surface area contributed by atoms with Crippen molar-refractivity contribution < 1.29 is 4.39 Å². The molecule has 0 saturated heterocycles. The van der Waals surface area contributed by atoms with Crippen molar-refractivity contribution in [3.05, 3.63) is 62.8 Å². The summed E-state index contributed by atoms with van der Waals surface area (Å²) < 4.78 is 15.1. The molecule has 0 bridgehead atoms. The van der Waals surface area contributed by atoms with E-state index in [-0.39, 0.29) is 16.6 Å². The summed E-state index contributed by atoms with van der Waals surface area (Å²) in [7, 11) is 0. The summed E-state index contributed by atoms with van der Waals surface area (Å²) in [6, 6.07) is 8.27. The Morgan fingerprint density at radius 2 is 2.17 bits per heavy atom. The lowest BCUT2D eigenvalue weighted by Gasteiger charge is -2.12. The molecular formula is C16H16FN3OS2. The van der Waals surface area contributed by atoms with Gasteiger partial charge in [-0.05, 0) is 19.4 Å². The highest BCUT2D eigenvalue weighted by molar-refractivity contribution is 7.98. The van der Waals surface area contributed by atoms with Gasteiger partial charge in [0.05, 0.1) is 5.69 Å². The molecule has 1 aromatic carbocycles. The molecule has 23 heavy (non-hydrogen) atoms. The van der Waals surface area contributed by atoms with Crippen LogP contribution in [-0.4, -0.2) is 14.6 Å². The van der Waals surface area contributed by atoms with Gasteiger partial charge in [0.25, 0.3) is 5.56 Å². The Kier molecular flexibility index (Phi) is 4.77. The van der Waals surface area contributed by atoms with Gasteiger partial charge in [-0.1, -0.05) is 36.5 Å². The van der Waals surface area contributed by atoms with Crippen LogP contribution >= 0.6 is 23.1 Å². The van der Waals surface area contributed by atoms with Crippen molar-refractivity contribution >= 4 is 28.1 Å². The molecule has 3 aromatic rings. The highest BCUT2D eigenvalue weighted by atomic mass is 32.2. The number of halogens is 1. The highest BCUT2D eigenvalue weighted by Gasteiger charge is 2.13. The lowest BCUT2D eigenvalue weighted by molar-refractivity contribution is 0.611. The van der Waals surface area contributed by atoms with E-state index < -0.39 is 0 Å². The fourth-order valence-electron chi connectivity index (χ4n) is 2.22. The van der Waals surface area contributed by atoms with Crippen LogP contribution in [0.5, 0.6) is 0 Å². The smallest absolute Gasteiger partial charge is 0.267 e. The molecule has 0 radical (unpaired) electrons. The second-order valence-corrected chi connectivity index (χ2v) is 7.47. The first kappa shape index (κ1) is 16.1. The number of nitrogens with zero attached hydrogens (tertiary/aromatic N) is 3. The topological polar surface area (TPSA) is 47.3 Å². The number of thioether (sulfide) groups is 1. The number of aromatic nitrogens is 3. The first-order chi connectivity index (χ1) is 11.1. The summed E-state index contributed by atoms with van der Waals surface area (Å²) in [4.78, 5) is 17.2. The summed E-state index contributed by atoms with van der Waals surface area (Å²) in [6.07, 6.45) is 0.780. The number of hydrogen-bond donors (Lipinski definition) is 0. The molecule has 0 fully saturated rings. The first-order valence-corrected chi connectivity index (χ1v) is 9.19. The molecule has 4 nitrogen and oxygen atoms in total. The minimum absolute atomic E-state index is 0.0101. The van der Waals surface area contributed by atoms with Crippen LogP contribution in [0, 0.1) is 5.82 Å². The molecule has 0 N–H and O–H groups in total. The maximum atomic E-state index is 13.8. The second kappa shape index (κ2) is 6.80. The van der Waals surface area contributed by atoms with Crippen LogP contribution in [-0.2, 0) is 12.2 Å². The maximum absolute atomic E-state index is 13.8. The molecule has 2 aromatic heterocycles. The Bertz CT molecular complexity index is 890. The SMILES string of the molecule is CCc1nn2c(=O)cc(CS[C@H](C)c3ccccc3F)nc2s1. The van der Waals surface area contributed by atoms with Crippen molar-refractivity contribution in [1.29, 1.82) is 0 Å². The van der Waals surface area contributed by atoms with E-state index in [4.69, 9.17) is 0 Å². The molecule has 0 spiro atoms. The van der Waals surface area contributed by atoms with Gasteiger partial charge in [0, 0.05) is 22.6 Å². The summed E-state index contributed by atoms with van der Waals surface area (Å²) in [5, 5.41) is 5.11. The van der Waals surface area contributed by atoms with Gasteiger partial charge in [-0.2, -0.15) is 9.61 Å². The van der Waals surface area contributed by atoms with Gasteiger partial charge in [0.2, 0.25) is 4.96 Å². The van der Waals surface area contributed by atoms with Crippen LogP contribution in [0.3, 0.4) is 0 Å². The predicted octanol–water partition coefficient (Wildman–Crippen LogP) is 3.85. The Morgan fingerprint density at radius 1 is 1.39 bits per heavy atom. The molecule has 0 aliphatic rings. The van der Waals surface area contributed by atoms with Gasteiger partial charge in [-0.3, -0.25) is 4.79 Å². The molecule has 0 unspecified atom stereocenters. The Balaban J connectivity index is 1.79. The zero-order valence-corrected chi connectivity index (χ0v) is 14.5. The van der Waals surface area contributed by atoms with Crippen molar-refractivity contribution in [1.82, 2.24) is 14.6 Å². The van der Waals surface area contributed by atoms with Crippen LogP contribution in [0.15, 0.2) is 35.1 Å². The third-order valence-electron chi connectivity index (χ3n) is 3.47. The summed E-state index contributed by atoms with van der Waals surface area (Å²) in [6.45, 7) is 3.95. The largest absolute Gasteiger partial charge is 0.275 e. The lowest BCUT2D eigenvalue weighted by atomic mass is 10.1. The second-order valence-electron chi connectivity index (χ2n) is 5.10. The van der Waals surface area contributed by atoms with Crippen LogP contribution in [0.1, 0.15) is 35.4 Å². The zero-order chi connectivity index (χ0) is 16.4. The minimum atomic E-state index is -0.203. The number of hydrogen-bond acceptors (Lipinski definition) is 5. The van der Waals surface area contributed by atoms with Crippen LogP contribution < -0.4 is 5.56 Å². The number of fused-ring (bicyclic) bond motifs is 1. The Hall–Kier alpha value is -1.73. The van der Waals surface area contributed by atoms with E-state index in [0.717, 1.165) is 11.4 Å². The van der Waals surface area contributed by atoms with Crippen molar-refractivity contribution in [2.75, 3.05) is 0 Å². The van der Waals surface area contributed by atoms with Crippen molar-refractivity contribution in [3.8, 4) is 0 Å². The summed E-state index contributed by atoms with van der Waals surface area (Å²) >= 11 is 2.99. The van der Waals surface area contributed by atoms with Gasteiger partial charge < -0.3 is 0 Å². The molecule has 0 saturated carbocycles. The summed E-state index contributed by atoms with van der Waals surface area (Å²) in [5.41, 5.74) is 1.20. The highest BCUT2D eigenvalue weighted by Crippen LogP contribution is 2.32. The van der Waals surface area contributed by atoms with Gasteiger partial charge in [0.15, 0.2) is 0 Å². The molecule has 120 valence electrons. The third-order valence-corrected chi connectivity index (χ3v) is 5.74. The van der Waals surface area contributed by atoms with E-state index in [0.29, 0.717) is 22.0 Å². The molecule has 1 atom stereocenters. The van der Waals surface area contributed by atoms with E-state index in [9.17, 15) is 9.18 Å². The quantitative estimate of drug-likeness (QED) is 0.702. The van der Waals surface area contributed by atoms with Gasteiger partial charge in [-0.15, -0.1) is 11.8 Å². The van der Waals surface area contributed by atoms with E-state index in [1.165, 1.54) is 28.0 Å². The fourth-order valence-corrected chi connectivity index (χ4v) is 4.01. The van der Waals surface area contributed by atoms with Gasteiger partial charge in [-0.25, -0.2) is 9.37 Å². The van der Waals surface area contributed by atoms with Crippen LogP contribution in [0.2, 0.25) is 0 Å². The number of aryl methyl sites for hydroxylation is 1. The fraction of sp³-hybridized carbons (Fsp3) is 0.312. The minimum Gasteiger partial charge on any atom is -0.267 e. The molecule has 0 amide bonds. The molecule has 3 rings (SSSR count). The molecule has 2 heterocycles. The standard InChI is InChI=1S/C16H16FN3OS2/c1-3-14-19-20-15(21)8-11(18-16(20)23-14)9-22-10(2)12-6-4-5-7-13(12)17/h4-8,10H,3,9H2,1-2H3/t10-/m1/s1. The van der Waals surface area contributed by atoms with Crippen LogP contribution in [0.25, 0.3) is 4.96 Å². The molecule has 0 aliphatic carbocycles. The molecule has 7 heteroatoms. The van der Waals surface area contributed by atoms with Crippen molar-refractivity contribution in [3.63, 3.8) is 0 Å². The van der Waals surface area contributed by atoms with Crippen molar-refractivity contribution in [2.45, 2.75) is 31.3 Å². The zero-order valence-electron chi connectivity index (χ0n) is 12.8. The predicted molar refractivity (Wildman–Crippen MR) is 92.6 cm³/mol. The monoisotopic (exact) mass is 349 g/mol. The average molecular weight is 349 g/mol. The lowest BCUT2D eigenvalue weighted by Crippen LogP contribution is -2.15. The third kappa shape index (κ3) is 3.45. The number of rotatable bonds is 5. The first-order valence-electron chi connectivity index (χ1n) is 7.33. The van der Waals surface area contributed by atoms with Gasteiger partial charge >= 0.3 is 0 Å². The number of benzene rings is 1. The van der Waals surface area contributed by atoms with E-state index in [1.807, 2.05) is 19.9 Å². The maximum Gasteiger partial charge on any atom is 0.275 e. The van der Waals surface area contributed by atoms with Gasteiger partial charge in [0.1, 0.15) is 10.8 Å². The summed E-state index contributed by atoms with van der Waals surface area (Å²) in [5.74, 6) is 0.353. The molecular weight excluding hydrogens is 333 g/mol. The normalized spacial score (nSPS) is 12.7. The van der Waals surface area contributed by atoms with E-state index >= 15 is 0 Å².